The average molecular weight is 261 g/mol. The third-order valence-electron chi connectivity index (χ3n) is 2.37. The smallest absolute Gasteiger partial charge is 0.146 e. The summed E-state index contributed by atoms with van der Waals surface area (Å²) in [6.07, 6.45) is 0. The normalized spacial score (nSPS) is 10.1. The maximum absolute atomic E-state index is 13.5. The molecule has 0 radical (unpaired) electrons. The lowest BCUT2D eigenvalue weighted by molar-refractivity contribution is 0.632. The summed E-state index contributed by atoms with van der Waals surface area (Å²) in [6.45, 7) is 1.83. The van der Waals surface area contributed by atoms with E-state index in [4.69, 9.17) is 18.0 Å². The van der Waals surface area contributed by atoms with Gasteiger partial charge in [-0.15, -0.1) is 0 Å². The fourth-order valence-corrected chi connectivity index (χ4v) is 1.69. The quantitative estimate of drug-likeness (QED) is 0.834. The lowest BCUT2D eigenvalue weighted by Crippen LogP contribution is -2.11. The number of nitrogens with one attached hydrogen (secondary N) is 1. The van der Waals surface area contributed by atoms with Crippen molar-refractivity contribution in [1.82, 2.24) is 4.98 Å². The Morgan fingerprint density at radius 2 is 2.06 bits per heavy atom. The van der Waals surface area contributed by atoms with E-state index in [2.05, 4.69) is 10.3 Å². The molecule has 0 aliphatic heterocycles. The zero-order chi connectivity index (χ0) is 13.1. The molecule has 1 aromatic carbocycles. The van der Waals surface area contributed by atoms with Crippen molar-refractivity contribution < 1.29 is 4.39 Å². The monoisotopic (exact) mass is 261 g/mol. The molecule has 0 amide bonds. The predicted molar refractivity (Wildman–Crippen MR) is 74.5 cm³/mol. The molecule has 0 unspecified atom stereocenters. The van der Waals surface area contributed by atoms with Crippen LogP contribution in [0.15, 0.2) is 36.4 Å². The van der Waals surface area contributed by atoms with E-state index in [0.29, 0.717) is 17.1 Å². The van der Waals surface area contributed by atoms with Crippen LogP contribution in [-0.4, -0.2) is 9.97 Å². The Hall–Kier alpha value is -2.01. The van der Waals surface area contributed by atoms with Gasteiger partial charge in [0.05, 0.1) is 5.69 Å². The number of benzene rings is 1. The summed E-state index contributed by atoms with van der Waals surface area (Å²) in [5.41, 5.74) is 7.41. The second kappa shape index (κ2) is 5.10. The topological polar surface area (TPSA) is 50.9 Å². The number of pyridine rings is 1. The lowest BCUT2D eigenvalue weighted by atomic mass is 10.2. The van der Waals surface area contributed by atoms with E-state index >= 15 is 0 Å². The zero-order valence-electron chi connectivity index (χ0n) is 9.77. The minimum atomic E-state index is -0.335. The summed E-state index contributed by atoms with van der Waals surface area (Å²) in [5.74, 6) is 0.181. The van der Waals surface area contributed by atoms with E-state index in [0.717, 1.165) is 5.69 Å². The summed E-state index contributed by atoms with van der Waals surface area (Å²) >= 11 is 4.92. The van der Waals surface area contributed by atoms with Gasteiger partial charge in [-0.05, 0) is 31.2 Å². The molecule has 2 rings (SSSR count). The Bertz CT molecular complexity index is 599. The van der Waals surface area contributed by atoms with Crippen LogP contribution in [0.5, 0.6) is 0 Å². The van der Waals surface area contributed by atoms with Crippen LogP contribution in [0.2, 0.25) is 0 Å². The van der Waals surface area contributed by atoms with Crippen LogP contribution in [0.4, 0.5) is 15.9 Å². The van der Waals surface area contributed by atoms with Crippen LogP contribution in [0.25, 0.3) is 0 Å². The number of halogens is 1. The molecular formula is C13H12FN3S. The largest absolute Gasteiger partial charge is 0.389 e. The Labute approximate surface area is 110 Å². The van der Waals surface area contributed by atoms with Crippen molar-refractivity contribution >= 4 is 28.7 Å². The Morgan fingerprint density at radius 3 is 2.72 bits per heavy atom. The Balaban J connectivity index is 2.35. The standard InChI is InChI=1S/C13H12FN3S/c1-8-6-9(13(15)18)7-12(16-8)17-11-5-3-2-4-10(11)14/h2-7H,1H3,(H2,15,18)(H,16,17). The molecule has 92 valence electrons. The fourth-order valence-electron chi connectivity index (χ4n) is 1.58. The van der Waals surface area contributed by atoms with Crippen molar-refractivity contribution in [3.63, 3.8) is 0 Å². The lowest BCUT2D eigenvalue weighted by Gasteiger charge is -2.09. The van der Waals surface area contributed by atoms with Crippen LogP contribution in [0, 0.1) is 12.7 Å². The number of hydrogen-bond donors (Lipinski definition) is 2. The number of thiocarbonyl (C=S) groups is 1. The highest BCUT2D eigenvalue weighted by molar-refractivity contribution is 7.80. The van der Waals surface area contributed by atoms with Crippen molar-refractivity contribution in [2.75, 3.05) is 5.32 Å². The molecule has 0 fully saturated rings. The molecule has 5 heteroatoms. The van der Waals surface area contributed by atoms with Crippen LogP contribution in [0.1, 0.15) is 11.3 Å². The van der Waals surface area contributed by atoms with E-state index in [9.17, 15) is 4.39 Å². The maximum Gasteiger partial charge on any atom is 0.146 e. The van der Waals surface area contributed by atoms with Gasteiger partial charge in [0, 0.05) is 11.3 Å². The second-order valence-corrected chi connectivity index (χ2v) is 4.29. The van der Waals surface area contributed by atoms with Gasteiger partial charge in [-0.2, -0.15) is 0 Å². The van der Waals surface area contributed by atoms with Gasteiger partial charge in [0.2, 0.25) is 0 Å². The fraction of sp³-hybridized carbons (Fsp3) is 0.0769. The number of aryl methyl sites for hydroxylation is 1. The van der Waals surface area contributed by atoms with E-state index in [1.807, 2.05) is 6.92 Å². The molecule has 0 saturated heterocycles. The van der Waals surface area contributed by atoms with Crippen LogP contribution < -0.4 is 11.1 Å². The average Bonchev–Trinajstić information content (AvgIpc) is 2.31. The van der Waals surface area contributed by atoms with Gasteiger partial charge in [0.25, 0.3) is 0 Å². The molecular weight excluding hydrogens is 249 g/mol. The molecule has 0 spiro atoms. The first-order valence-electron chi connectivity index (χ1n) is 5.36. The summed E-state index contributed by atoms with van der Waals surface area (Å²) in [4.78, 5) is 4.55. The molecule has 0 aliphatic carbocycles. The van der Waals surface area contributed by atoms with Crippen molar-refractivity contribution in [3.8, 4) is 0 Å². The minimum Gasteiger partial charge on any atom is -0.389 e. The van der Waals surface area contributed by atoms with E-state index in [1.54, 1.807) is 30.3 Å². The first kappa shape index (κ1) is 12.4. The van der Waals surface area contributed by atoms with Crippen molar-refractivity contribution in [2.24, 2.45) is 5.73 Å². The molecule has 0 bridgehead atoms. The number of hydrogen-bond acceptors (Lipinski definition) is 3. The van der Waals surface area contributed by atoms with Crippen molar-refractivity contribution in [1.29, 1.82) is 0 Å². The minimum absolute atomic E-state index is 0.289. The summed E-state index contributed by atoms with van der Waals surface area (Å²) in [7, 11) is 0. The number of nitrogens with two attached hydrogens (primary N) is 1. The number of anilines is 2. The molecule has 18 heavy (non-hydrogen) atoms. The number of nitrogens with zero attached hydrogens (tertiary/aromatic N) is 1. The van der Waals surface area contributed by atoms with E-state index < -0.39 is 0 Å². The highest BCUT2D eigenvalue weighted by Gasteiger charge is 2.05. The van der Waals surface area contributed by atoms with Gasteiger partial charge in [0.15, 0.2) is 0 Å². The molecule has 2 aromatic rings. The zero-order valence-corrected chi connectivity index (χ0v) is 10.6. The van der Waals surface area contributed by atoms with Crippen LogP contribution >= 0.6 is 12.2 Å². The second-order valence-electron chi connectivity index (χ2n) is 3.85. The third kappa shape index (κ3) is 2.81. The Morgan fingerprint density at radius 1 is 1.33 bits per heavy atom. The van der Waals surface area contributed by atoms with Gasteiger partial charge in [-0.3, -0.25) is 0 Å². The van der Waals surface area contributed by atoms with E-state index in [1.165, 1.54) is 6.07 Å². The summed E-state index contributed by atoms with van der Waals surface area (Å²) in [6, 6.07) is 9.88. The molecule has 0 aliphatic rings. The third-order valence-corrected chi connectivity index (χ3v) is 2.61. The first-order valence-corrected chi connectivity index (χ1v) is 5.77. The summed E-state index contributed by atoms with van der Waals surface area (Å²) in [5, 5.41) is 2.91. The number of rotatable bonds is 3. The number of para-hydroxylation sites is 1. The molecule has 1 heterocycles. The maximum atomic E-state index is 13.5. The molecule has 3 N–H and O–H groups in total. The molecule has 3 nitrogen and oxygen atoms in total. The summed E-state index contributed by atoms with van der Waals surface area (Å²) < 4.78 is 13.5. The molecule has 0 atom stereocenters. The molecule has 1 aromatic heterocycles. The van der Waals surface area contributed by atoms with Gasteiger partial charge < -0.3 is 11.1 Å². The first-order chi connectivity index (χ1) is 8.56. The predicted octanol–water partition coefficient (Wildman–Crippen LogP) is 2.91. The molecule has 0 saturated carbocycles. The van der Waals surface area contributed by atoms with Crippen molar-refractivity contribution in [2.45, 2.75) is 6.92 Å². The van der Waals surface area contributed by atoms with Gasteiger partial charge >= 0.3 is 0 Å². The number of aromatic nitrogens is 1. The van der Waals surface area contributed by atoms with Gasteiger partial charge in [0.1, 0.15) is 16.6 Å². The van der Waals surface area contributed by atoms with Crippen molar-refractivity contribution in [3.05, 3.63) is 53.5 Å². The van der Waals surface area contributed by atoms with Crippen LogP contribution in [0.3, 0.4) is 0 Å². The Kier molecular flexibility index (Phi) is 3.53. The van der Waals surface area contributed by atoms with Crippen LogP contribution in [-0.2, 0) is 0 Å². The van der Waals surface area contributed by atoms with Gasteiger partial charge in [-0.1, -0.05) is 24.4 Å². The van der Waals surface area contributed by atoms with E-state index in [-0.39, 0.29) is 10.8 Å². The van der Waals surface area contributed by atoms with Gasteiger partial charge in [-0.25, -0.2) is 9.37 Å². The SMILES string of the molecule is Cc1cc(C(N)=S)cc(Nc2ccccc2F)n1. The highest BCUT2D eigenvalue weighted by Crippen LogP contribution is 2.19. The highest BCUT2D eigenvalue weighted by atomic mass is 32.1.